The molecular formula is C20H18N2O3S. The fourth-order valence-corrected chi connectivity index (χ4v) is 3.44. The molecule has 0 atom stereocenters. The van der Waals surface area contributed by atoms with Crippen LogP contribution in [0.5, 0.6) is 5.75 Å². The van der Waals surface area contributed by atoms with E-state index in [9.17, 15) is 8.42 Å². The second-order valence-electron chi connectivity index (χ2n) is 5.54. The van der Waals surface area contributed by atoms with Crippen LogP contribution in [0, 0.1) is 11.8 Å². The molecule has 0 aliphatic heterocycles. The van der Waals surface area contributed by atoms with Crippen LogP contribution in [0.25, 0.3) is 10.9 Å². The van der Waals surface area contributed by atoms with Crippen molar-refractivity contribution < 1.29 is 13.2 Å². The molecule has 0 fully saturated rings. The summed E-state index contributed by atoms with van der Waals surface area (Å²) in [6, 6.07) is 18.5. The standard InChI is InChI=1S/C20H18N2O3S/c23-26(24,16-17-8-2-1-3-9-17)22-14-4-5-15-25-19-12-6-10-18-11-7-13-21-20(18)19/h1-3,6-13,22H,14-16H2. The molecular weight excluding hydrogens is 348 g/mol. The van der Waals surface area contributed by atoms with Crippen molar-refractivity contribution in [2.45, 2.75) is 5.75 Å². The lowest BCUT2D eigenvalue weighted by Crippen LogP contribution is -2.25. The van der Waals surface area contributed by atoms with Gasteiger partial charge in [-0.05, 0) is 17.7 Å². The Balaban J connectivity index is 1.50. The molecule has 26 heavy (non-hydrogen) atoms. The van der Waals surface area contributed by atoms with E-state index in [2.05, 4.69) is 21.5 Å². The molecule has 0 bridgehead atoms. The molecule has 0 saturated carbocycles. The summed E-state index contributed by atoms with van der Waals surface area (Å²) in [6.07, 6.45) is 1.71. The second-order valence-corrected chi connectivity index (χ2v) is 7.35. The number of hydrogen-bond donors (Lipinski definition) is 1. The van der Waals surface area contributed by atoms with Crippen molar-refractivity contribution in [3.05, 3.63) is 72.4 Å². The van der Waals surface area contributed by atoms with Crippen molar-refractivity contribution >= 4 is 20.9 Å². The van der Waals surface area contributed by atoms with Crippen LogP contribution in [0.2, 0.25) is 0 Å². The van der Waals surface area contributed by atoms with Gasteiger partial charge in [0.2, 0.25) is 10.0 Å². The number of aromatic nitrogens is 1. The van der Waals surface area contributed by atoms with Crippen LogP contribution in [0.4, 0.5) is 0 Å². The Morgan fingerprint density at radius 1 is 0.962 bits per heavy atom. The number of hydrogen-bond acceptors (Lipinski definition) is 4. The van der Waals surface area contributed by atoms with Gasteiger partial charge in [-0.3, -0.25) is 4.98 Å². The molecule has 0 aliphatic carbocycles. The Labute approximate surface area is 153 Å². The first-order chi connectivity index (χ1) is 12.6. The van der Waals surface area contributed by atoms with Gasteiger partial charge < -0.3 is 4.74 Å². The summed E-state index contributed by atoms with van der Waals surface area (Å²) in [5.74, 6) is 6.16. The van der Waals surface area contributed by atoms with Gasteiger partial charge in [0.05, 0.1) is 12.3 Å². The minimum absolute atomic E-state index is 0.0479. The Bertz CT molecular complexity index is 1030. The first kappa shape index (κ1) is 17.9. The van der Waals surface area contributed by atoms with Crippen LogP contribution in [0.1, 0.15) is 5.56 Å². The van der Waals surface area contributed by atoms with Gasteiger partial charge in [0.15, 0.2) is 0 Å². The van der Waals surface area contributed by atoms with Crippen molar-refractivity contribution in [3.63, 3.8) is 0 Å². The van der Waals surface area contributed by atoms with E-state index in [-0.39, 0.29) is 18.9 Å². The van der Waals surface area contributed by atoms with Crippen molar-refractivity contribution in [2.75, 3.05) is 13.2 Å². The largest absolute Gasteiger partial charge is 0.479 e. The molecule has 1 N–H and O–H groups in total. The summed E-state index contributed by atoms with van der Waals surface area (Å²) in [4.78, 5) is 4.30. The molecule has 132 valence electrons. The van der Waals surface area contributed by atoms with E-state index in [0.717, 1.165) is 16.5 Å². The number of rotatable bonds is 6. The predicted octanol–water partition coefficient (Wildman–Crippen LogP) is 2.74. The van der Waals surface area contributed by atoms with Gasteiger partial charge in [-0.1, -0.05) is 60.4 Å². The average molecular weight is 366 g/mol. The molecule has 2 aromatic carbocycles. The number of benzene rings is 2. The summed E-state index contributed by atoms with van der Waals surface area (Å²) in [5, 5.41) is 0.992. The third kappa shape index (κ3) is 5.06. The van der Waals surface area contributed by atoms with Crippen LogP contribution < -0.4 is 9.46 Å². The molecule has 3 rings (SSSR count). The highest BCUT2D eigenvalue weighted by molar-refractivity contribution is 7.88. The van der Waals surface area contributed by atoms with Crippen LogP contribution in [-0.4, -0.2) is 26.6 Å². The minimum Gasteiger partial charge on any atom is -0.479 e. The van der Waals surface area contributed by atoms with E-state index in [1.807, 2.05) is 48.5 Å². The monoisotopic (exact) mass is 366 g/mol. The molecule has 6 heteroatoms. The highest BCUT2D eigenvalue weighted by Crippen LogP contribution is 2.22. The smallest absolute Gasteiger partial charge is 0.216 e. The Morgan fingerprint density at radius 2 is 1.77 bits per heavy atom. The maximum atomic E-state index is 12.0. The summed E-state index contributed by atoms with van der Waals surface area (Å²) >= 11 is 0. The van der Waals surface area contributed by atoms with Crippen molar-refractivity contribution in [1.82, 2.24) is 9.71 Å². The second kappa shape index (κ2) is 8.48. The number of pyridine rings is 1. The third-order valence-electron chi connectivity index (χ3n) is 3.60. The minimum atomic E-state index is -3.41. The summed E-state index contributed by atoms with van der Waals surface area (Å²) in [6.45, 7) is 0.211. The lowest BCUT2D eigenvalue weighted by molar-refractivity contribution is 0.374. The van der Waals surface area contributed by atoms with Crippen LogP contribution >= 0.6 is 0 Å². The molecule has 1 heterocycles. The Hall–Kier alpha value is -2.88. The summed E-state index contributed by atoms with van der Waals surface area (Å²) in [5.41, 5.74) is 1.51. The van der Waals surface area contributed by atoms with E-state index in [1.165, 1.54) is 0 Å². The highest BCUT2D eigenvalue weighted by Gasteiger charge is 2.09. The maximum absolute atomic E-state index is 12.0. The lowest BCUT2D eigenvalue weighted by Gasteiger charge is -2.05. The van der Waals surface area contributed by atoms with Gasteiger partial charge in [0.1, 0.15) is 17.9 Å². The molecule has 0 aliphatic rings. The molecule has 0 saturated heterocycles. The topological polar surface area (TPSA) is 68.3 Å². The van der Waals surface area contributed by atoms with Crippen LogP contribution in [0.3, 0.4) is 0 Å². The van der Waals surface area contributed by atoms with E-state index < -0.39 is 10.0 Å². The Morgan fingerprint density at radius 3 is 2.62 bits per heavy atom. The maximum Gasteiger partial charge on any atom is 0.216 e. The first-order valence-corrected chi connectivity index (χ1v) is 9.73. The summed E-state index contributed by atoms with van der Waals surface area (Å²) < 4.78 is 32.1. The number of nitrogens with one attached hydrogen (secondary N) is 1. The number of fused-ring (bicyclic) bond motifs is 1. The molecule has 0 unspecified atom stereocenters. The number of sulfonamides is 1. The number of nitrogens with zero attached hydrogens (tertiary/aromatic N) is 1. The number of ether oxygens (including phenoxy) is 1. The van der Waals surface area contributed by atoms with E-state index in [4.69, 9.17) is 4.74 Å². The molecule has 0 spiro atoms. The normalized spacial score (nSPS) is 10.9. The van der Waals surface area contributed by atoms with Crippen molar-refractivity contribution in [2.24, 2.45) is 0 Å². The van der Waals surface area contributed by atoms with Gasteiger partial charge in [-0.15, -0.1) is 0 Å². The highest BCUT2D eigenvalue weighted by atomic mass is 32.2. The first-order valence-electron chi connectivity index (χ1n) is 8.07. The molecule has 5 nitrogen and oxygen atoms in total. The molecule has 1 aromatic heterocycles. The fourth-order valence-electron chi connectivity index (χ4n) is 2.41. The lowest BCUT2D eigenvalue weighted by atomic mass is 10.2. The Kier molecular flexibility index (Phi) is 5.84. The predicted molar refractivity (Wildman–Crippen MR) is 102 cm³/mol. The fraction of sp³-hybridized carbons (Fsp3) is 0.150. The third-order valence-corrected chi connectivity index (χ3v) is 4.90. The van der Waals surface area contributed by atoms with E-state index in [1.54, 1.807) is 18.3 Å². The zero-order chi connectivity index (χ0) is 18.2. The molecule has 3 aromatic rings. The molecule has 0 radical (unpaired) electrons. The van der Waals surface area contributed by atoms with Gasteiger partial charge in [-0.2, -0.15) is 0 Å². The quantitative estimate of drug-likeness (QED) is 0.681. The van der Waals surface area contributed by atoms with Crippen LogP contribution in [0.15, 0.2) is 66.9 Å². The van der Waals surface area contributed by atoms with Crippen LogP contribution in [-0.2, 0) is 15.8 Å². The van der Waals surface area contributed by atoms with Gasteiger partial charge in [-0.25, -0.2) is 13.1 Å². The number of para-hydroxylation sites is 1. The SMILES string of the molecule is O=S(=O)(Cc1ccccc1)NCC#CCOc1cccc2cccnc12. The van der Waals surface area contributed by atoms with E-state index in [0.29, 0.717) is 5.75 Å². The summed E-state index contributed by atoms with van der Waals surface area (Å²) in [7, 11) is -3.41. The van der Waals surface area contributed by atoms with E-state index >= 15 is 0 Å². The van der Waals surface area contributed by atoms with Crippen molar-refractivity contribution in [1.29, 1.82) is 0 Å². The van der Waals surface area contributed by atoms with Gasteiger partial charge in [0.25, 0.3) is 0 Å². The van der Waals surface area contributed by atoms with Crippen molar-refractivity contribution in [3.8, 4) is 17.6 Å². The zero-order valence-electron chi connectivity index (χ0n) is 14.1. The average Bonchev–Trinajstić information content (AvgIpc) is 2.65. The zero-order valence-corrected chi connectivity index (χ0v) is 14.9. The molecule has 0 amide bonds. The van der Waals surface area contributed by atoms with Gasteiger partial charge >= 0.3 is 0 Å². The van der Waals surface area contributed by atoms with Gasteiger partial charge in [0, 0.05) is 11.6 Å².